The smallest absolute Gasteiger partial charge is 0.328 e. The minimum absolute atomic E-state index is 0.0212. The largest absolute Gasteiger partial charge is 0.478 e. The van der Waals surface area contributed by atoms with Gasteiger partial charge in [-0.2, -0.15) is 5.54 Å². The number of amides is 1. The lowest BCUT2D eigenvalue weighted by Crippen LogP contribution is -2.38. The van der Waals surface area contributed by atoms with Crippen molar-refractivity contribution in [2.45, 2.75) is 0 Å². The molecule has 0 aromatic rings. The predicted octanol–water partition coefficient (Wildman–Crippen LogP) is -1.11. The van der Waals surface area contributed by atoms with Gasteiger partial charge in [-0.3, -0.25) is 4.79 Å². The van der Waals surface area contributed by atoms with Gasteiger partial charge in [0.25, 0.3) is 0 Å². The summed E-state index contributed by atoms with van der Waals surface area (Å²) in [5.74, 6) is -1.71. The molecule has 6 nitrogen and oxygen atoms in total. The zero-order chi connectivity index (χ0) is 11.7. The molecule has 0 bridgehead atoms. The van der Waals surface area contributed by atoms with Crippen LogP contribution in [0.1, 0.15) is 0 Å². The van der Waals surface area contributed by atoms with Crippen molar-refractivity contribution < 1.29 is 19.2 Å². The molecule has 0 aromatic carbocycles. The summed E-state index contributed by atoms with van der Waals surface area (Å²) in [5, 5.41) is 8.30. The Kier molecular flexibility index (Phi) is 7.12. The molecule has 0 spiro atoms. The molecule has 0 radical (unpaired) electrons. The first-order chi connectivity index (χ1) is 7.11. The number of rotatable bonds is 7. The van der Waals surface area contributed by atoms with Crippen LogP contribution in [0, 0.1) is 0 Å². The molecule has 4 N–H and O–H groups in total. The van der Waals surface area contributed by atoms with Crippen LogP contribution in [0.25, 0.3) is 0 Å². The number of carbonyl (C=O) groups is 2. The maximum atomic E-state index is 11.6. The van der Waals surface area contributed by atoms with Crippen LogP contribution in [0.15, 0.2) is 12.2 Å². The fraction of sp³-hybridized carbons (Fsp3) is 0.500. The van der Waals surface area contributed by atoms with Gasteiger partial charge in [-0.25, -0.2) is 4.79 Å². The maximum Gasteiger partial charge on any atom is 0.328 e. The van der Waals surface area contributed by atoms with Gasteiger partial charge in [0.15, 0.2) is 0 Å². The van der Waals surface area contributed by atoms with Gasteiger partial charge in [-0.05, 0) is 0 Å². The van der Waals surface area contributed by atoms with Crippen LogP contribution in [0.5, 0.6) is 0 Å². The molecule has 0 aliphatic carbocycles. The molecule has 0 heterocycles. The minimum Gasteiger partial charge on any atom is -0.478 e. The first-order valence-electron chi connectivity index (χ1n) is 4.35. The summed E-state index contributed by atoms with van der Waals surface area (Å²) in [7, 11) is 0. The van der Waals surface area contributed by atoms with Gasteiger partial charge in [0.1, 0.15) is 0 Å². The van der Waals surface area contributed by atoms with Crippen molar-refractivity contribution in [3.05, 3.63) is 12.2 Å². The molecule has 0 aliphatic heterocycles. The van der Waals surface area contributed by atoms with Crippen LogP contribution in [0.4, 0.5) is 4.48 Å². The van der Waals surface area contributed by atoms with Crippen molar-refractivity contribution >= 4 is 11.9 Å². The molecule has 0 rings (SSSR count). The Morgan fingerprint density at radius 1 is 1.40 bits per heavy atom. The Morgan fingerprint density at radius 2 is 2.07 bits per heavy atom. The van der Waals surface area contributed by atoms with E-state index in [4.69, 9.17) is 10.8 Å². The van der Waals surface area contributed by atoms with E-state index in [-0.39, 0.29) is 26.2 Å². The van der Waals surface area contributed by atoms with E-state index >= 15 is 0 Å². The average molecular weight is 219 g/mol. The zero-order valence-electron chi connectivity index (χ0n) is 8.15. The second-order valence-corrected chi connectivity index (χ2v) is 2.67. The summed E-state index contributed by atoms with van der Waals surface area (Å²) >= 11 is 0. The summed E-state index contributed by atoms with van der Waals surface area (Å²) in [6.45, 7) is 0.604. The molecule has 1 amide bonds. The van der Waals surface area contributed by atoms with E-state index in [9.17, 15) is 14.1 Å². The predicted molar refractivity (Wildman–Crippen MR) is 51.5 cm³/mol. The first kappa shape index (κ1) is 13.5. The molecule has 0 aromatic heterocycles. The molecule has 0 atom stereocenters. The minimum atomic E-state index is -1.21. The lowest BCUT2D eigenvalue weighted by molar-refractivity contribution is -0.132. The summed E-state index contributed by atoms with van der Waals surface area (Å²) in [4.78, 5) is 22.7. The number of carboxylic acid groups (broad SMARTS) is 1. The van der Waals surface area contributed by atoms with Crippen LogP contribution < -0.4 is 11.3 Å². The second-order valence-electron chi connectivity index (χ2n) is 2.67. The Hall–Kier alpha value is -1.47. The van der Waals surface area contributed by atoms with Crippen LogP contribution >= 0.6 is 0 Å². The summed E-state index contributed by atoms with van der Waals surface area (Å²) in [6, 6.07) is 0. The van der Waals surface area contributed by atoms with E-state index in [1.54, 1.807) is 0 Å². The molecule has 7 heteroatoms. The zero-order valence-corrected chi connectivity index (χ0v) is 8.15. The van der Waals surface area contributed by atoms with Crippen molar-refractivity contribution in [3.8, 4) is 0 Å². The maximum absolute atomic E-state index is 11.6. The summed E-state index contributed by atoms with van der Waals surface area (Å²) in [5.41, 5.74) is 6.65. The highest BCUT2D eigenvalue weighted by molar-refractivity contribution is 5.93. The lowest BCUT2D eigenvalue weighted by atomic mass is 10.4. The van der Waals surface area contributed by atoms with Crippen molar-refractivity contribution in [2.24, 2.45) is 5.73 Å². The van der Waals surface area contributed by atoms with Gasteiger partial charge in [0.2, 0.25) is 5.91 Å². The van der Waals surface area contributed by atoms with Gasteiger partial charge >= 0.3 is 5.97 Å². The lowest BCUT2D eigenvalue weighted by Gasteiger charge is -2.19. The molecule has 0 fully saturated rings. The number of nitrogens with two attached hydrogens (primary N) is 1. The normalized spacial score (nSPS) is 10.5. The number of halogens is 1. The molecule has 0 aliphatic rings. The van der Waals surface area contributed by atoms with Gasteiger partial charge in [-0.1, -0.05) is 0 Å². The molecular formula is C8H14FN3O3. The SMILES string of the molecule is NCCN(CCNF)C(=O)/C=C\C(=O)O. The van der Waals surface area contributed by atoms with Crippen molar-refractivity contribution in [2.75, 3.05) is 26.2 Å². The molecule has 0 saturated carbocycles. The summed E-state index contributed by atoms with van der Waals surface area (Å²) < 4.78 is 11.6. The highest BCUT2D eigenvalue weighted by Gasteiger charge is 2.09. The van der Waals surface area contributed by atoms with Crippen molar-refractivity contribution in [1.29, 1.82) is 0 Å². The number of carbonyl (C=O) groups excluding carboxylic acids is 1. The van der Waals surface area contributed by atoms with E-state index in [0.717, 1.165) is 12.2 Å². The molecule has 15 heavy (non-hydrogen) atoms. The number of hydrogen-bond acceptors (Lipinski definition) is 4. The van der Waals surface area contributed by atoms with Crippen molar-refractivity contribution in [1.82, 2.24) is 10.4 Å². The van der Waals surface area contributed by atoms with Crippen LogP contribution in [0.3, 0.4) is 0 Å². The van der Waals surface area contributed by atoms with Crippen LogP contribution in [-0.2, 0) is 9.59 Å². The Labute approximate surface area is 86.5 Å². The molecule has 86 valence electrons. The Balaban J connectivity index is 4.21. The van der Waals surface area contributed by atoms with E-state index in [0.29, 0.717) is 0 Å². The van der Waals surface area contributed by atoms with Gasteiger partial charge in [-0.15, -0.1) is 4.48 Å². The first-order valence-corrected chi connectivity index (χ1v) is 4.35. The van der Waals surface area contributed by atoms with E-state index in [1.807, 2.05) is 0 Å². The van der Waals surface area contributed by atoms with E-state index < -0.39 is 11.9 Å². The number of hydrogen-bond donors (Lipinski definition) is 3. The molecule has 0 saturated heterocycles. The third kappa shape index (κ3) is 6.58. The average Bonchev–Trinajstić information content (AvgIpc) is 2.20. The third-order valence-corrected chi connectivity index (χ3v) is 1.56. The van der Waals surface area contributed by atoms with Crippen LogP contribution in [0.2, 0.25) is 0 Å². The highest BCUT2D eigenvalue weighted by Crippen LogP contribution is 1.90. The fourth-order valence-electron chi connectivity index (χ4n) is 0.913. The quantitative estimate of drug-likeness (QED) is 0.372. The molecule has 0 unspecified atom stereocenters. The number of nitrogens with zero attached hydrogens (tertiary/aromatic N) is 1. The monoisotopic (exact) mass is 219 g/mol. The van der Waals surface area contributed by atoms with E-state index in [1.165, 1.54) is 10.4 Å². The van der Waals surface area contributed by atoms with Gasteiger partial charge in [0, 0.05) is 38.3 Å². The summed E-state index contributed by atoms with van der Waals surface area (Å²) in [6.07, 6.45) is 1.64. The van der Waals surface area contributed by atoms with E-state index in [2.05, 4.69) is 0 Å². The molecular weight excluding hydrogens is 205 g/mol. The van der Waals surface area contributed by atoms with Crippen LogP contribution in [-0.4, -0.2) is 48.1 Å². The third-order valence-electron chi connectivity index (χ3n) is 1.56. The van der Waals surface area contributed by atoms with Crippen molar-refractivity contribution in [3.63, 3.8) is 0 Å². The standard InChI is InChI=1S/C8H14FN3O3/c9-11-4-6-12(5-3-10)7(13)1-2-8(14)15/h1-2,11H,3-6,10H2,(H,14,15)/b2-1-. The van der Waals surface area contributed by atoms with Gasteiger partial charge in [0.05, 0.1) is 0 Å². The number of nitrogens with one attached hydrogen (secondary N) is 1. The Bertz CT molecular complexity index is 245. The topological polar surface area (TPSA) is 95.7 Å². The Morgan fingerprint density at radius 3 is 2.53 bits per heavy atom. The highest BCUT2D eigenvalue weighted by atomic mass is 19.2. The van der Waals surface area contributed by atoms with Gasteiger partial charge < -0.3 is 15.7 Å². The fourth-order valence-corrected chi connectivity index (χ4v) is 0.913. The number of carboxylic acids is 1. The number of aliphatic carboxylic acids is 1. The second kappa shape index (κ2) is 7.89.